The number of nitrogens with one attached hydrogen (secondary N) is 1. The molecule has 0 amide bonds. The molecule has 0 atom stereocenters. The molecule has 0 saturated carbocycles. The van der Waals surface area contributed by atoms with Gasteiger partial charge in [-0.15, -0.1) is 19.8 Å². The Morgan fingerprint density at radius 1 is 1.43 bits per heavy atom. The second-order valence-corrected chi connectivity index (χ2v) is 4.81. The average molecular weight is 362 g/mol. The van der Waals surface area contributed by atoms with E-state index in [0.717, 1.165) is 0 Å². The highest BCUT2D eigenvalue weighted by Gasteiger charge is 2.32. The summed E-state index contributed by atoms with van der Waals surface area (Å²) in [6, 6.07) is 4.26. The number of rotatable bonds is 5. The smallest absolute Gasteiger partial charge is 0.405 e. The first kappa shape index (κ1) is 15.4. The zero-order valence-electron chi connectivity index (χ0n) is 10.7. The number of anilines is 1. The zero-order chi connectivity index (χ0) is 15.5. The lowest BCUT2D eigenvalue weighted by Gasteiger charge is -2.13. The van der Waals surface area contributed by atoms with Gasteiger partial charge in [-0.3, -0.25) is 4.57 Å². The van der Waals surface area contributed by atoms with Gasteiger partial charge in [0, 0.05) is 24.6 Å². The number of benzene rings is 1. The van der Waals surface area contributed by atoms with E-state index in [2.05, 4.69) is 37.5 Å². The molecule has 1 N–H and O–H groups in total. The van der Waals surface area contributed by atoms with Crippen molar-refractivity contribution in [3.05, 3.63) is 47.7 Å². The highest BCUT2D eigenvalue weighted by molar-refractivity contribution is 9.10. The van der Waals surface area contributed by atoms with Gasteiger partial charge in [0.15, 0.2) is 0 Å². The van der Waals surface area contributed by atoms with E-state index in [0.29, 0.717) is 18.2 Å². The van der Waals surface area contributed by atoms with E-state index in [9.17, 15) is 13.2 Å². The average Bonchev–Trinajstić information content (AvgIpc) is 2.85. The lowest BCUT2D eigenvalue weighted by Crippen LogP contribution is -2.17. The number of ether oxygens (including phenoxy) is 1. The van der Waals surface area contributed by atoms with Gasteiger partial charge in [0.2, 0.25) is 5.95 Å². The van der Waals surface area contributed by atoms with Gasteiger partial charge < -0.3 is 10.1 Å². The molecule has 1 aromatic carbocycles. The van der Waals surface area contributed by atoms with E-state index in [1.165, 1.54) is 18.2 Å². The first-order valence-electron chi connectivity index (χ1n) is 5.84. The Morgan fingerprint density at radius 3 is 2.81 bits per heavy atom. The summed E-state index contributed by atoms with van der Waals surface area (Å²) < 4.78 is 42.5. The number of halogens is 4. The van der Waals surface area contributed by atoms with Gasteiger partial charge in [0.25, 0.3) is 0 Å². The van der Waals surface area contributed by atoms with Crippen molar-refractivity contribution in [3.63, 3.8) is 0 Å². The Kier molecular flexibility index (Phi) is 4.56. The quantitative estimate of drug-likeness (QED) is 0.813. The van der Waals surface area contributed by atoms with Gasteiger partial charge in [-0.2, -0.15) is 0 Å². The van der Waals surface area contributed by atoms with Gasteiger partial charge >= 0.3 is 6.36 Å². The Bertz CT molecular complexity index is 640. The minimum Gasteiger partial charge on any atom is -0.405 e. The highest BCUT2D eigenvalue weighted by atomic mass is 79.9. The molecule has 0 radical (unpaired) electrons. The van der Waals surface area contributed by atoms with Crippen LogP contribution in [-0.2, 0) is 0 Å². The molecule has 2 aromatic rings. The Hall–Kier alpha value is -1.96. The van der Waals surface area contributed by atoms with Crippen LogP contribution in [0, 0.1) is 0 Å². The Morgan fingerprint density at radius 2 is 2.19 bits per heavy atom. The van der Waals surface area contributed by atoms with Crippen molar-refractivity contribution in [2.24, 2.45) is 0 Å². The summed E-state index contributed by atoms with van der Waals surface area (Å²) in [6.45, 7) is 4.11. The van der Waals surface area contributed by atoms with Crippen LogP contribution in [-0.4, -0.2) is 22.5 Å². The number of imidazole rings is 1. The first-order valence-corrected chi connectivity index (χ1v) is 6.64. The molecule has 1 heterocycles. The zero-order valence-corrected chi connectivity index (χ0v) is 12.3. The minimum absolute atomic E-state index is 0.195. The molecular formula is C13H11BrF3N3O. The molecule has 0 saturated heterocycles. The fraction of sp³-hybridized carbons (Fsp3) is 0.154. The molecule has 4 nitrogen and oxygen atoms in total. The van der Waals surface area contributed by atoms with Crippen LogP contribution in [0.4, 0.5) is 19.1 Å². The molecule has 0 bridgehead atoms. The highest BCUT2D eigenvalue weighted by Crippen LogP contribution is 2.32. The van der Waals surface area contributed by atoms with Crippen LogP contribution in [0.15, 0.2) is 47.7 Å². The maximum Gasteiger partial charge on any atom is 0.573 e. The number of hydrogen-bond donors (Lipinski definition) is 1. The van der Waals surface area contributed by atoms with Gasteiger partial charge in [0.1, 0.15) is 5.75 Å². The predicted octanol–water partition coefficient (Wildman–Crippen LogP) is 4.13. The van der Waals surface area contributed by atoms with E-state index in [-0.39, 0.29) is 10.2 Å². The lowest BCUT2D eigenvalue weighted by molar-refractivity contribution is -0.274. The number of nitrogens with zero attached hydrogens (tertiary/aromatic N) is 2. The molecule has 0 unspecified atom stereocenters. The summed E-state index contributed by atoms with van der Waals surface area (Å²) in [5, 5.41) is 3.02. The van der Waals surface area contributed by atoms with Crippen LogP contribution in [0.2, 0.25) is 0 Å². The maximum absolute atomic E-state index is 12.2. The van der Waals surface area contributed by atoms with E-state index in [4.69, 9.17) is 0 Å². The number of alkyl halides is 3. The number of hydrogen-bond acceptors (Lipinski definition) is 3. The van der Waals surface area contributed by atoms with Crippen LogP contribution in [0.3, 0.4) is 0 Å². The predicted molar refractivity (Wildman–Crippen MR) is 76.6 cm³/mol. The fourth-order valence-electron chi connectivity index (χ4n) is 1.65. The fourth-order valence-corrected chi connectivity index (χ4v) is 2.10. The topological polar surface area (TPSA) is 39.1 Å². The summed E-state index contributed by atoms with van der Waals surface area (Å²) in [5.41, 5.74) is 0.639. The molecule has 8 heteroatoms. The minimum atomic E-state index is -4.73. The number of aromatic nitrogens is 2. The van der Waals surface area contributed by atoms with Gasteiger partial charge in [-0.05, 0) is 34.1 Å². The molecule has 0 fully saturated rings. The Balaban J connectivity index is 2.28. The second-order valence-electron chi connectivity index (χ2n) is 3.95. The maximum atomic E-state index is 12.2. The third-order valence-corrected chi connectivity index (χ3v) is 3.08. The summed E-state index contributed by atoms with van der Waals surface area (Å²) in [7, 11) is 0. The van der Waals surface area contributed by atoms with Gasteiger partial charge in [0.05, 0.1) is 4.47 Å². The summed E-state index contributed by atoms with van der Waals surface area (Å²) in [4.78, 5) is 4.12. The van der Waals surface area contributed by atoms with Crippen molar-refractivity contribution in [2.45, 2.75) is 6.36 Å². The van der Waals surface area contributed by atoms with Crippen molar-refractivity contribution < 1.29 is 17.9 Å². The lowest BCUT2D eigenvalue weighted by atomic mass is 10.3. The monoisotopic (exact) mass is 361 g/mol. The SMILES string of the molecule is C=CCNc1nccn1-c1ccc(OC(F)(F)F)c(Br)c1. The normalized spacial score (nSPS) is 11.2. The first-order chi connectivity index (χ1) is 9.90. The van der Waals surface area contributed by atoms with Crippen molar-refractivity contribution in [1.29, 1.82) is 0 Å². The summed E-state index contributed by atoms with van der Waals surface area (Å²) in [6.07, 6.45) is 0.224. The second kappa shape index (κ2) is 6.21. The molecule has 0 spiro atoms. The molecule has 112 valence electrons. The largest absolute Gasteiger partial charge is 0.573 e. The Labute approximate surface area is 127 Å². The van der Waals surface area contributed by atoms with Gasteiger partial charge in [-0.1, -0.05) is 6.08 Å². The van der Waals surface area contributed by atoms with Crippen LogP contribution in [0.5, 0.6) is 5.75 Å². The van der Waals surface area contributed by atoms with E-state index in [1.54, 1.807) is 23.0 Å². The van der Waals surface area contributed by atoms with Gasteiger partial charge in [-0.25, -0.2) is 4.98 Å². The molecule has 0 aliphatic carbocycles. The van der Waals surface area contributed by atoms with Crippen LogP contribution >= 0.6 is 15.9 Å². The molecule has 21 heavy (non-hydrogen) atoms. The standard InChI is InChI=1S/C13H11BrF3N3O/c1-2-5-18-12-19-6-7-20(12)9-3-4-11(10(14)8-9)21-13(15,16)17/h2-4,6-8H,1,5H2,(H,18,19). The molecule has 0 aliphatic heterocycles. The molecule has 2 rings (SSSR count). The summed E-state index contributed by atoms with van der Waals surface area (Å²) in [5.74, 6) is 0.262. The third kappa shape index (κ3) is 4.01. The molecular weight excluding hydrogens is 351 g/mol. The van der Waals surface area contributed by atoms with Crippen LogP contribution in [0.1, 0.15) is 0 Å². The molecule has 0 aliphatic rings. The van der Waals surface area contributed by atoms with Crippen LogP contribution in [0.25, 0.3) is 5.69 Å². The van der Waals surface area contributed by atoms with Crippen molar-refractivity contribution in [2.75, 3.05) is 11.9 Å². The van der Waals surface area contributed by atoms with Crippen molar-refractivity contribution in [3.8, 4) is 11.4 Å². The molecule has 1 aromatic heterocycles. The third-order valence-electron chi connectivity index (χ3n) is 2.46. The van der Waals surface area contributed by atoms with E-state index < -0.39 is 6.36 Å². The van der Waals surface area contributed by atoms with E-state index in [1.807, 2.05) is 0 Å². The van der Waals surface area contributed by atoms with Crippen molar-refractivity contribution in [1.82, 2.24) is 9.55 Å². The van der Waals surface area contributed by atoms with Crippen LogP contribution < -0.4 is 10.1 Å². The summed E-state index contributed by atoms with van der Waals surface area (Å²) >= 11 is 3.07. The van der Waals surface area contributed by atoms with Crippen molar-refractivity contribution >= 4 is 21.9 Å². The van der Waals surface area contributed by atoms with E-state index >= 15 is 0 Å².